The predicted molar refractivity (Wildman–Crippen MR) is 99.7 cm³/mol. The lowest BCUT2D eigenvalue weighted by atomic mass is 9.78. The van der Waals surface area contributed by atoms with Crippen molar-refractivity contribution in [1.29, 1.82) is 0 Å². The van der Waals surface area contributed by atoms with E-state index in [0.29, 0.717) is 12.1 Å². The molecule has 1 heteroatoms. The zero-order chi connectivity index (χ0) is 16.1. The first-order chi connectivity index (χ1) is 10.8. The lowest BCUT2D eigenvalue weighted by molar-refractivity contribution is 0.0522. The molecule has 1 fully saturated rings. The Hall–Kier alpha value is -1.86. The average Bonchev–Trinajstić information content (AvgIpc) is 2.60. The molecule has 1 aliphatic carbocycles. The normalized spacial score (nSPS) is 22.5. The number of nitrogens with zero attached hydrogens (tertiary/aromatic N) is 1. The third kappa shape index (κ3) is 3.00. The molecule has 2 bridgehead atoms. The van der Waals surface area contributed by atoms with Gasteiger partial charge in [0.05, 0.1) is 0 Å². The molecule has 1 aromatic rings. The van der Waals surface area contributed by atoms with Crippen molar-refractivity contribution in [3.8, 4) is 0 Å². The van der Waals surface area contributed by atoms with Gasteiger partial charge in [0.15, 0.2) is 0 Å². The highest BCUT2D eigenvalue weighted by Crippen LogP contribution is 2.40. The Morgan fingerprint density at radius 1 is 1.14 bits per heavy atom. The van der Waals surface area contributed by atoms with Crippen LogP contribution in [-0.4, -0.2) is 23.5 Å². The quantitative estimate of drug-likeness (QED) is 0.656. The molecule has 2 unspecified atom stereocenters. The summed E-state index contributed by atoms with van der Waals surface area (Å²) in [5.41, 5.74) is 5.13. The van der Waals surface area contributed by atoms with Crippen molar-refractivity contribution in [2.75, 3.05) is 6.54 Å². The van der Waals surface area contributed by atoms with Crippen molar-refractivity contribution in [2.24, 2.45) is 0 Å². The molecule has 0 spiro atoms. The zero-order valence-electron chi connectivity index (χ0n) is 13.9. The molecule has 4 rings (SSSR count). The molecule has 0 saturated carbocycles. The van der Waals surface area contributed by atoms with E-state index in [-0.39, 0.29) is 0 Å². The van der Waals surface area contributed by atoms with E-state index in [2.05, 4.69) is 48.9 Å². The molecule has 116 valence electrons. The Kier molecular flexibility index (Phi) is 5.57. The molecule has 1 aromatic carbocycles. The van der Waals surface area contributed by atoms with Crippen LogP contribution in [0.3, 0.4) is 0 Å². The summed E-state index contributed by atoms with van der Waals surface area (Å²) in [7, 11) is 0. The Balaban J connectivity index is 0.000000847. The summed E-state index contributed by atoms with van der Waals surface area (Å²) in [5.74, 6) is 0. The maximum atomic E-state index is 3.90. The fraction of sp³-hybridized carbons (Fsp3) is 0.333. The minimum absolute atomic E-state index is 0.605. The maximum Gasteiger partial charge on any atom is 0.0305 e. The highest BCUT2D eigenvalue weighted by atomic mass is 15.2. The van der Waals surface area contributed by atoms with Crippen LogP contribution in [0.2, 0.25) is 0 Å². The monoisotopic (exact) mass is 293 g/mol. The molecule has 0 aromatic heterocycles. The van der Waals surface area contributed by atoms with Gasteiger partial charge in [-0.05, 0) is 41.2 Å². The first-order valence-corrected chi connectivity index (χ1v) is 8.23. The summed E-state index contributed by atoms with van der Waals surface area (Å²) in [5, 5.41) is 0. The van der Waals surface area contributed by atoms with Gasteiger partial charge < -0.3 is 0 Å². The van der Waals surface area contributed by atoms with Gasteiger partial charge in [0.2, 0.25) is 0 Å². The van der Waals surface area contributed by atoms with Crippen molar-refractivity contribution < 1.29 is 0 Å². The number of benzene rings is 1. The van der Waals surface area contributed by atoms with Gasteiger partial charge in [0.25, 0.3) is 0 Å². The van der Waals surface area contributed by atoms with E-state index in [1.807, 2.05) is 32.1 Å². The molecule has 0 N–H and O–H groups in total. The fourth-order valence-electron chi connectivity index (χ4n) is 3.39. The number of rotatable bonds is 5. The van der Waals surface area contributed by atoms with Crippen molar-refractivity contribution in [3.05, 3.63) is 66.8 Å². The summed E-state index contributed by atoms with van der Waals surface area (Å²) < 4.78 is 0. The van der Waals surface area contributed by atoms with Gasteiger partial charge in [-0.15, -0.1) is 6.58 Å². The maximum absolute atomic E-state index is 3.90. The second-order valence-corrected chi connectivity index (χ2v) is 5.59. The van der Waals surface area contributed by atoms with Gasteiger partial charge in [-0.25, -0.2) is 0 Å². The van der Waals surface area contributed by atoms with Gasteiger partial charge in [-0.2, -0.15) is 0 Å². The van der Waals surface area contributed by atoms with Gasteiger partial charge >= 0.3 is 0 Å². The lowest BCUT2D eigenvalue weighted by Crippen LogP contribution is -2.57. The molecule has 1 nitrogen and oxygen atoms in total. The topological polar surface area (TPSA) is 3.24 Å². The van der Waals surface area contributed by atoms with E-state index < -0.39 is 0 Å². The SMILES string of the molecule is C=CCN1C2C=C(c3ccc(C=C)c(C=C)c3)CC1C2.CC. The van der Waals surface area contributed by atoms with Crippen LogP contribution in [0.4, 0.5) is 0 Å². The molecule has 2 heterocycles. The first kappa shape index (κ1) is 16.5. The number of fused-ring (bicyclic) bond motifs is 1. The zero-order valence-corrected chi connectivity index (χ0v) is 13.9. The summed E-state index contributed by atoms with van der Waals surface area (Å²) in [6.45, 7) is 16.6. The second-order valence-electron chi connectivity index (χ2n) is 5.59. The molecule has 1 saturated heterocycles. The van der Waals surface area contributed by atoms with Crippen LogP contribution >= 0.6 is 0 Å². The number of hydrogen-bond acceptors (Lipinski definition) is 1. The summed E-state index contributed by atoms with van der Waals surface area (Å²) >= 11 is 0. The van der Waals surface area contributed by atoms with E-state index >= 15 is 0 Å². The van der Waals surface area contributed by atoms with E-state index in [9.17, 15) is 0 Å². The molecule has 0 radical (unpaired) electrons. The fourth-order valence-corrected chi connectivity index (χ4v) is 3.39. The van der Waals surface area contributed by atoms with E-state index in [4.69, 9.17) is 0 Å². The number of hydrogen-bond donors (Lipinski definition) is 0. The van der Waals surface area contributed by atoms with E-state index in [1.54, 1.807) is 0 Å². The minimum atomic E-state index is 0.605. The van der Waals surface area contributed by atoms with Crippen LogP contribution in [0.1, 0.15) is 43.4 Å². The summed E-state index contributed by atoms with van der Waals surface area (Å²) in [4.78, 5) is 2.53. The van der Waals surface area contributed by atoms with Crippen LogP contribution < -0.4 is 0 Å². The highest BCUT2D eigenvalue weighted by molar-refractivity contribution is 5.74. The van der Waals surface area contributed by atoms with Crippen LogP contribution in [0.15, 0.2) is 50.1 Å². The lowest BCUT2D eigenvalue weighted by Gasteiger charge is -2.51. The molecule has 22 heavy (non-hydrogen) atoms. The summed E-state index contributed by atoms with van der Waals surface area (Å²) in [6.07, 6.45) is 10.7. The van der Waals surface area contributed by atoms with E-state index in [1.165, 1.54) is 23.1 Å². The standard InChI is InChI=1S/C19H21N.C2H6/c1-4-9-20-18-11-17(12-19(20)13-18)16-8-7-14(5-2)15(6-3)10-16;1-2/h4-8,10-11,18-19H,1-3,9,12-13H2;1-2H3. The predicted octanol–water partition coefficient (Wildman–Crippen LogP) is 5.41. The van der Waals surface area contributed by atoms with Gasteiger partial charge in [0.1, 0.15) is 0 Å². The molecular formula is C21H27N. The Bertz CT molecular complexity index is 594. The van der Waals surface area contributed by atoms with Gasteiger partial charge in [-0.1, -0.05) is 63.4 Å². The molecule has 3 aliphatic rings. The van der Waals surface area contributed by atoms with E-state index in [0.717, 1.165) is 18.5 Å². The largest absolute Gasteiger partial charge is 0.290 e. The van der Waals surface area contributed by atoms with Crippen LogP contribution in [-0.2, 0) is 0 Å². The highest BCUT2D eigenvalue weighted by Gasteiger charge is 2.40. The molecular weight excluding hydrogens is 266 g/mol. The Morgan fingerprint density at radius 3 is 2.41 bits per heavy atom. The third-order valence-electron chi connectivity index (χ3n) is 4.50. The van der Waals surface area contributed by atoms with Crippen molar-refractivity contribution in [2.45, 2.75) is 38.8 Å². The molecule has 0 amide bonds. The summed E-state index contributed by atoms with van der Waals surface area (Å²) in [6, 6.07) is 7.89. The average molecular weight is 293 g/mol. The van der Waals surface area contributed by atoms with Crippen LogP contribution in [0.25, 0.3) is 17.7 Å². The second kappa shape index (κ2) is 7.42. The van der Waals surface area contributed by atoms with Crippen molar-refractivity contribution in [1.82, 2.24) is 4.90 Å². The van der Waals surface area contributed by atoms with Crippen molar-refractivity contribution >= 4 is 17.7 Å². The first-order valence-electron chi connectivity index (χ1n) is 8.23. The van der Waals surface area contributed by atoms with Gasteiger partial charge in [0, 0.05) is 18.6 Å². The minimum Gasteiger partial charge on any atom is -0.290 e. The Labute approximate surface area is 135 Å². The van der Waals surface area contributed by atoms with Crippen LogP contribution in [0, 0.1) is 0 Å². The Morgan fingerprint density at radius 2 is 1.86 bits per heavy atom. The van der Waals surface area contributed by atoms with Crippen molar-refractivity contribution in [3.63, 3.8) is 0 Å². The third-order valence-corrected chi connectivity index (χ3v) is 4.50. The van der Waals surface area contributed by atoms with Gasteiger partial charge in [-0.3, -0.25) is 4.90 Å². The molecule has 2 aliphatic heterocycles. The van der Waals surface area contributed by atoms with Crippen LogP contribution in [0.5, 0.6) is 0 Å². The smallest absolute Gasteiger partial charge is 0.0305 e. The molecule has 2 atom stereocenters.